The van der Waals surface area contributed by atoms with E-state index in [0.717, 1.165) is 19.4 Å². The van der Waals surface area contributed by atoms with Gasteiger partial charge >= 0.3 is 5.69 Å². The van der Waals surface area contributed by atoms with Gasteiger partial charge in [-0.15, -0.1) is 10.2 Å². The molecule has 4 aromatic rings. The lowest BCUT2D eigenvalue weighted by molar-refractivity contribution is 0.202. The molecule has 210 valence electrons. The molecule has 14 heteroatoms. The molecular formula is C25H34N8O5S. The Morgan fingerprint density at radius 1 is 1.08 bits per heavy atom. The van der Waals surface area contributed by atoms with Crippen LogP contribution < -0.4 is 10.4 Å². The Bertz CT molecular complexity index is 1630. The Morgan fingerprint density at radius 2 is 1.92 bits per heavy atom. The van der Waals surface area contributed by atoms with Gasteiger partial charge in [-0.05, 0) is 44.0 Å². The van der Waals surface area contributed by atoms with Gasteiger partial charge in [-0.1, -0.05) is 13.8 Å². The molecular weight excluding hydrogens is 524 g/mol. The zero-order valence-corrected chi connectivity index (χ0v) is 23.0. The van der Waals surface area contributed by atoms with Crippen LogP contribution in [-0.2, 0) is 16.6 Å². The number of aliphatic hydroxyl groups is 1. The fourth-order valence-electron chi connectivity index (χ4n) is 4.93. The molecule has 13 nitrogen and oxygen atoms in total. The molecule has 1 aliphatic rings. The molecule has 0 radical (unpaired) electrons. The van der Waals surface area contributed by atoms with Crippen molar-refractivity contribution in [3.63, 3.8) is 0 Å². The van der Waals surface area contributed by atoms with Crippen LogP contribution in [0.5, 0.6) is 5.75 Å². The van der Waals surface area contributed by atoms with Gasteiger partial charge in [0, 0.05) is 32.7 Å². The monoisotopic (exact) mass is 558 g/mol. The molecule has 2 N–H and O–H groups in total. The summed E-state index contributed by atoms with van der Waals surface area (Å²) in [5.41, 5.74) is 1.48. The molecule has 39 heavy (non-hydrogen) atoms. The third kappa shape index (κ3) is 5.16. The zero-order valence-electron chi connectivity index (χ0n) is 22.2. The van der Waals surface area contributed by atoms with E-state index in [9.17, 15) is 18.3 Å². The van der Waals surface area contributed by atoms with Crippen molar-refractivity contribution in [3.05, 3.63) is 35.0 Å². The summed E-state index contributed by atoms with van der Waals surface area (Å²) in [6, 6.07) is 4.80. The molecule has 3 aromatic heterocycles. The SMILES string of the molecule is CCCOc1ccc(S(=O)(=O)N2CCCN(CCO)CC2)cc1-c1nc2c([nH]1)c1nncn1c(=O)n2CCC. The number of hydrogen-bond acceptors (Lipinski definition) is 9. The molecule has 5 rings (SSSR count). The first-order valence-corrected chi connectivity index (χ1v) is 14.8. The minimum absolute atomic E-state index is 0.0417. The standard InChI is InChI=1S/C25H34N8O5S/c1-3-8-32-23-21(24-29-26-17-33(24)25(32)35)27-22(28-23)19-16-18(6-7-20(19)38-15-4-2)39(36,37)31-10-5-9-30(11-12-31)13-14-34/h6-7,16-17,34H,3-5,8-15H2,1-2H3,(H,27,28). The van der Waals surface area contributed by atoms with Crippen molar-refractivity contribution in [3.8, 4) is 17.1 Å². The quantitative estimate of drug-likeness (QED) is 0.294. The summed E-state index contributed by atoms with van der Waals surface area (Å²) in [5, 5.41) is 17.3. The molecule has 4 heterocycles. The van der Waals surface area contributed by atoms with E-state index in [0.29, 0.717) is 79.7 Å². The second-order valence-corrected chi connectivity index (χ2v) is 11.5. The number of sulfonamides is 1. The third-order valence-electron chi connectivity index (χ3n) is 6.87. The molecule has 0 aliphatic carbocycles. The second kappa shape index (κ2) is 11.4. The summed E-state index contributed by atoms with van der Waals surface area (Å²) < 4.78 is 37.9. The minimum Gasteiger partial charge on any atom is -0.493 e. The van der Waals surface area contributed by atoms with Crippen LogP contribution in [0.1, 0.15) is 33.1 Å². The lowest BCUT2D eigenvalue weighted by Crippen LogP contribution is -2.35. The fourth-order valence-corrected chi connectivity index (χ4v) is 6.42. The van der Waals surface area contributed by atoms with E-state index < -0.39 is 10.0 Å². The minimum atomic E-state index is -3.81. The molecule has 1 aromatic carbocycles. The Balaban J connectivity index is 1.61. The van der Waals surface area contributed by atoms with Gasteiger partial charge in [0.05, 0.1) is 23.7 Å². The van der Waals surface area contributed by atoms with Gasteiger partial charge in [0.15, 0.2) is 11.3 Å². The van der Waals surface area contributed by atoms with Crippen molar-refractivity contribution in [2.75, 3.05) is 45.9 Å². The van der Waals surface area contributed by atoms with Gasteiger partial charge in [0.1, 0.15) is 23.4 Å². The van der Waals surface area contributed by atoms with Crippen molar-refractivity contribution >= 4 is 26.8 Å². The molecule has 0 bridgehead atoms. The van der Waals surface area contributed by atoms with E-state index in [1.165, 1.54) is 15.0 Å². The van der Waals surface area contributed by atoms with Gasteiger partial charge < -0.3 is 14.8 Å². The van der Waals surface area contributed by atoms with E-state index in [2.05, 4.69) is 20.1 Å². The first kappa shape index (κ1) is 27.2. The van der Waals surface area contributed by atoms with E-state index in [1.807, 2.05) is 13.8 Å². The Morgan fingerprint density at radius 3 is 2.69 bits per heavy atom. The highest BCUT2D eigenvalue weighted by atomic mass is 32.2. The number of aromatic nitrogens is 6. The number of rotatable bonds is 10. The van der Waals surface area contributed by atoms with Crippen LogP contribution >= 0.6 is 0 Å². The molecule has 0 atom stereocenters. The van der Waals surface area contributed by atoms with Crippen LogP contribution in [0, 0.1) is 0 Å². The highest BCUT2D eigenvalue weighted by Gasteiger charge is 2.28. The van der Waals surface area contributed by atoms with Crippen LogP contribution in [0.15, 0.2) is 34.2 Å². The summed E-state index contributed by atoms with van der Waals surface area (Å²) in [6.45, 7) is 7.44. The van der Waals surface area contributed by atoms with Crippen LogP contribution in [-0.4, -0.2) is 97.8 Å². The number of fused-ring (bicyclic) bond motifs is 3. The number of imidazole rings is 1. The van der Waals surface area contributed by atoms with E-state index in [1.54, 1.807) is 22.8 Å². The predicted octanol–water partition coefficient (Wildman–Crippen LogP) is 1.32. The largest absolute Gasteiger partial charge is 0.493 e. The van der Waals surface area contributed by atoms with Crippen molar-refractivity contribution in [2.45, 2.75) is 44.6 Å². The summed E-state index contributed by atoms with van der Waals surface area (Å²) >= 11 is 0. The van der Waals surface area contributed by atoms with Crippen LogP contribution in [0.25, 0.3) is 28.2 Å². The lowest BCUT2D eigenvalue weighted by Gasteiger charge is -2.22. The number of aryl methyl sites for hydroxylation is 1. The van der Waals surface area contributed by atoms with E-state index >= 15 is 0 Å². The fraction of sp³-hybridized carbons (Fsp3) is 0.520. The highest BCUT2D eigenvalue weighted by Crippen LogP contribution is 2.33. The smallest absolute Gasteiger partial charge is 0.336 e. The van der Waals surface area contributed by atoms with Gasteiger partial charge in [-0.2, -0.15) is 4.31 Å². The summed E-state index contributed by atoms with van der Waals surface area (Å²) in [4.78, 5) is 23.3. The lowest BCUT2D eigenvalue weighted by atomic mass is 10.2. The van der Waals surface area contributed by atoms with Crippen molar-refractivity contribution in [1.82, 2.24) is 38.3 Å². The topological polar surface area (TPSA) is 151 Å². The number of aromatic amines is 1. The average molecular weight is 559 g/mol. The normalized spacial score (nSPS) is 15.8. The molecule has 1 aliphatic heterocycles. The second-order valence-electron chi connectivity index (χ2n) is 9.57. The van der Waals surface area contributed by atoms with Gasteiger partial charge in [0.25, 0.3) is 0 Å². The molecule has 1 saturated heterocycles. The number of hydrogen-bond donors (Lipinski definition) is 2. The number of β-amino-alcohol motifs (C(OH)–C–C–N with tert-alkyl or cyclic N) is 1. The third-order valence-corrected chi connectivity index (χ3v) is 8.76. The molecule has 0 amide bonds. The van der Waals surface area contributed by atoms with Crippen LogP contribution in [0.2, 0.25) is 0 Å². The number of ether oxygens (including phenoxy) is 1. The van der Waals surface area contributed by atoms with Crippen molar-refractivity contribution in [1.29, 1.82) is 0 Å². The predicted molar refractivity (Wildman–Crippen MR) is 145 cm³/mol. The highest BCUT2D eigenvalue weighted by molar-refractivity contribution is 7.89. The van der Waals surface area contributed by atoms with Gasteiger partial charge in [-0.3, -0.25) is 9.47 Å². The Hall–Kier alpha value is -3.33. The first-order chi connectivity index (χ1) is 18.9. The summed E-state index contributed by atoms with van der Waals surface area (Å²) in [7, 11) is -3.81. The molecule has 0 unspecified atom stereocenters. The summed E-state index contributed by atoms with van der Waals surface area (Å²) in [6.07, 6.45) is 3.54. The van der Waals surface area contributed by atoms with E-state index in [4.69, 9.17) is 9.72 Å². The Labute approximate surface area is 226 Å². The van der Waals surface area contributed by atoms with Gasteiger partial charge in [-0.25, -0.2) is 22.6 Å². The number of benzene rings is 1. The van der Waals surface area contributed by atoms with E-state index in [-0.39, 0.29) is 17.2 Å². The Kier molecular flexibility index (Phi) is 7.98. The first-order valence-electron chi connectivity index (χ1n) is 13.3. The maximum Gasteiger partial charge on any atom is 0.336 e. The maximum absolute atomic E-state index is 13.7. The molecule has 0 saturated carbocycles. The maximum atomic E-state index is 13.7. The number of aliphatic hydroxyl groups excluding tert-OH is 1. The molecule has 0 spiro atoms. The molecule has 1 fully saturated rings. The van der Waals surface area contributed by atoms with Crippen LogP contribution in [0.3, 0.4) is 0 Å². The average Bonchev–Trinajstić information content (AvgIpc) is 3.53. The number of H-pyrrole nitrogens is 1. The number of nitrogens with one attached hydrogen (secondary N) is 1. The zero-order chi connectivity index (χ0) is 27.6. The van der Waals surface area contributed by atoms with Crippen molar-refractivity contribution in [2.24, 2.45) is 0 Å². The number of nitrogens with zero attached hydrogens (tertiary/aromatic N) is 7. The van der Waals surface area contributed by atoms with Gasteiger partial charge in [0.2, 0.25) is 10.0 Å². The van der Waals surface area contributed by atoms with Crippen LogP contribution in [0.4, 0.5) is 0 Å². The van der Waals surface area contributed by atoms with Crippen molar-refractivity contribution < 1.29 is 18.3 Å². The summed E-state index contributed by atoms with van der Waals surface area (Å²) in [5.74, 6) is 0.861.